The summed E-state index contributed by atoms with van der Waals surface area (Å²) in [7, 11) is 0. The Morgan fingerprint density at radius 3 is 2.45 bits per heavy atom. The minimum absolute atomic E-state index is 0.0493. The van der Waals surface area contributed by atoms with Gasteiger partial charge in [0.2, 0.25) is 5.91 Å². The number of benzene rings is 1. The van der Waals surface area contributed by atoms with E-state index in [0.29, 0.717) is 25.4 Å². The number of aromatic nitrogens is 2. The third-order valence-corrected chi connectivity index (χ3v) is 4.93. The van der Waals surface area contributed by atoms with Crippen molar-refractivity contribution in [2.45, 2.75) is 59.9 Å². The van der Waals surface area contributed by atoms with E-state index in [9.17, 15) is 14.4 Å². The number of hydrogen-bond acceptors (Lipinski definition) is 4. The summed E-state index contributed by atoms with van der Waals surface area (Å²) < 4.78 is 1.35. The highest BCUT2D eigenvalue weighted by Crippen LogP contribution is 2.20. The summed E-state index contributed by atoms with van der Waals surface area (Å²) >= 11 is 0. The van der Waals surface area contributed by atoms with Gasteiger partial charge < -0.3 is 10.6 Å². The number of anilines is 2. The van der Waals surface area contributed by atoms with E-state index in [-0.39, 0.29) is 23.8 Å². The van der Waals surface area contributed by atoms with Gasteiger partial charge >= 0.3 is 5.69 Å². The molecule has 1 heterocycles. The Labute approximate surface area is 171 Å². The molecule has 29 heavy (non-hydrogen) atoms. The first-order valence-corrected chi connectivity index (χ1v) is 10.2. The molecule has 1 aromatic heterocycles. The predicted molar refractivity (Wildman–Crippen MR) is 117 cm³/mol. The van der Waals surface area contributed by atoms with Crippen molar-refractivity contribution >= 4 is 17.4 Å². The van der Waals surface area contributed by atoms with E-state index < -0.39 is 11.2 Å². The van der Waals surface area contributed by atoms with Crippen molar-refractivity contribution in [3.05, 3.63) is 56.2 Å². The molecule has 0 saturated carbocycles. The van der Waals surface area contributed by atoms with Gasteiger partial charge in [-0.25, -0.2) is 4.79 Å². The number of nitrogen functional groups attached to an aromatic ring is 1. The SMILES string of the molecule is CCCCn1c(N)c(N(CCC(C)C)C(=O)Cc2ccc(C)cc2)c(=O)[nH]c1=O. The van der Waals surface area contributed by atoms with Crippen LogP contribution in [0.3, 0.4) is 0 Å². The number of carbonyl (C=O) groups excluding carboxylic acids is 1. The number of aryl methyl sites for hydroxylation is 1. The summed E-state index contributed by atoms with van der Waals surface area (Å²) in [5.74, 6) is 0.177. The van der Waals surface area contributed by atoms with E-state index in [0.717, 1.165) is 24.0 Å². The summed E-state index contributed by atoms with van der Waals surface area (Å²) in [6.07, 6.45) is 2.50. The number of rotatable bonds is 9. The highest BCUT2D eigenvalue weighted by Gasteiger charge is 2.24. The molecule has 0 aliphatic carbocycles. The van der Waals surface area contributed by atoms with Gasteiger partial charge in [0.05, 0.1) is 6.42 Å². The van der Waals surface area contributed by atoms with Gasteiger partial charge in [-0.05, 0) is 31.2 Å². The number of carbonyl (C=O) groups is 1. The van der Waals surface area contributed by atoms with Crippen LogP contribution >= 0.6 is 0 Å². The van der Waals surface area contributed by atoms with Crippen LogP contribution in [-0.2, 0) is 17.8 Å². The van der Waals surface area contributed by atoms with E-state index in [1.807, 2.05) is 38.1 Å². The van der Waals surface area contributed by atoms with Crippen LogP contribution in [0.1, 0.15) is 51.2 Å². The molecule has 7 nitrogen and oxygen atoms in total. The molecule has 158 valence electrons. The fourth-order valence-electron chi connectivity index (χ4n) is 3.10. The maximum atomic E-state index is 13.2. The minimum Gasteiger partial charge on any atom is -0.383 e. The molecule has 0 radical (unpaired) electrons. The summed E-state index contributed by atoms with van der Waals surface area (Å²) in [5.41, 5.74) is 7.11. The molecule has 0 fully saturated rings. The van der Waals surface area contributed by atoms with Gasteiger partial charge in [-0.2, -0.15) is 0 Å². The first-order valence-electron chi connectivity index (χ1n) is 10.2. The molecule has 0 aliphatic heterocycles. The molecule has 3 N–H and O–H groups in total. The summed E-state index contributed by atoms with van der Waals surface area (Å²) in [6, 6.07) is 7.72. The number of nitrogens with two attached hydrogens (primary N) is 1. The topological polar surface area (TPSA) is 101 Å². The molecule has 7 heteroatoms. The Morgan fingerprint density at radius 1 is 1.21 bits per heavy atom. The molecule has 0 atom stereocenters. The number of nitrogens with zero attached hydrogens (tertiary/aromatic N) is 2. The van der Waals surface area contributed by atoms with Crippen molar-refractivity contribution in [1.82, 2.24) is 9.55 Å². The van der Waals surface area contributed by atoms with E-state index in [1.165, 1.54) is 9.47 Å². The Morgan fingerprint density at radius 2 is 1.86 bits per heavy atom. The van der Waals surface area contributed by atoms with Crippen molar-refractivity contribution in [3.8, 4) is 0 Å². The fourth-order valence-corrected chi connectivity index (χ4v) is 3.10. The van der Waals surface area contributed by atoms with Crippen LogP contribution in [-0.4, -0.2) is 22.0 Å². The molecule has 0 bridgehead atoms. The lowest BCUT2D eigenvalue weighted by Crippen LogP contribution is -2.42. The van der Waals surface area contributed by atoms with Crippen LogP contribution in [0.25, 0.3) is 0 Å². The summed E-state index contributed by atoms with van der Waals surface area (Å²) in [4.78, 5) is 41.8. The monoisotopic (exact) mass is 400 g/mol. The Kier molecular flexibility index (Phi) is 7.82. The number of unbranched alkanes of at least 4 members (excludes halogenated alkanes) is 1. The average molecular weight is 401 g/mol. The standard InChI is InChI=1S/C22H32N4O3/c1-5-6-12-26-20(23)19(21(28)24-22(26)29)25(13-11-15(2)3)18(27)14-17-9-7-16(4)8-10-17/h7-10,15H,5-6,11-14,23H2,1-4H3,(H,24,28,29). The summed E-state index contributed by atoms with van der Waals surface area (Å²) in [5, 5.41) is 0. The largest absolute Gasteiger partial charge is 0.383 e. The molecule has 0 spiro atoms. The first kappa shape index (κ1) is 22.5. The molecule has 0 unspecified atom stereocenters. The maximum Gasteiger partial charge on any atom is 0.330 e. The summed E-state index contributed by atoms with van der Waals surface area (Å²) in [6.45, 7) is 8.86. The smallest absolute Gasteiger partial charge is 0.330 e. The number of hydrogen-bond donors (Lipinski definition) is 2. The average Bonchev–Trinajstić information content (AvgIpc) is 2.65. The van der Waals surface area contributed by atoms with E-state index in [4.69, 9.17) is 5.73 Å². The van der Waals surface area contributed by atoms with E-state index in [2.05, 4.69) is 18.8 Å². The second-order valence-electron chi connectivity index (χ2n) is 7.89. The van der Waals surface area contributed by atoms with Crippen LogP contribution in [0.2, 0.25) is 0 Å². The maximum absolute atomic E-state index is 13.2. The molecule has 0 aliphatic rings. The van der Waals surface area contributed by atoms with Crippen molar-refractivity contribution in [3.63, 3.8) is 0 Å². The number of aromatic amines is 1. The molecule has 2 rings (SSSR count). The van der Waals surface area contributed by atoms with Crippen LogP contribution in [0.15, 0.2) is 33.9 Å². The first-order chi connectivity index (χ1) is 13.7. The molecule has 2 aromatic rings. The third-order valence-electron chi connectivity index (χ3n) is 4.93. The number of H-pyrrole nitrogens is 1. The lowest BCUT2D eigenvalue weighted by Gasteiger charge is -2.25. The van der Waals surface area contributed by atoms with Crippen molar-refractivity contribution in [2.75, 3.05) is 17.2 Å². The van der Waals surface area contributed by atoms with Gasteiger partial charge in [0.15, 0.2) is 5.69 Å². The van der Waals surface area contributed by atoms with Gasteiger partial charge in [0.25, 0.3) is 5.56 Å². The van der Waals surface area contributed by atoms with Crippen LogP contribution < -0.4 is 21.9 Å². The fraction of sp³-hybridized carbons (Fsp3) is 0.500. The highest BCUT2D eigenvalue weighted by atomic mass is 16.2. The second kappa shape index (κ2) is 10.1. The van der Waals surface area contributed by atoms with Gasteiger partial charge in [-0.1, -0.05) is 57.0 Å². The van der Waals surface area contributed by atoms with Gasteiger partial charge in [0, 0.05) is 13.1 Å². The van der Waals surface area contributed by atoms with Gasteiger partial charge in [-0.3, -0.25) is 19.1 Å². The van der Waals surface area contributed by atoms with Crippen molar-refractivity contribution in [1.29, 1.82) is 0 Å². The quantitative estimate of drug-likeness (QED) is 0.676. The minimum atomic E-state index is -0.624. The van der Waals surface area contributed by atoms with Crippen molar-refractivity contribution < 1.29 is 4.79 Å². The Balaban J connectivity index is 2.45. The van der Waals surface area contributed by atoms with Crippen LogP contribution in [0.4, 0.5) is 11.5 Å². The zero-order chi connectivity index (χ0) is 21.6. The van der Waals surface area contributed by atoms with E-state index >= 15 is 0 Å². The normalized spacial score (nSPS) is 11.1. The second-order valence-corrected chi connectivity index (χ2v) is 7.89. The molecular formula is C22H32N4O3. The molecule has 1 aromatic carbocycles. The third kappa shape index (κ3) is 5.82. The molecule has 0 saturated heterocycles. The van der Waals surface area contributed by atoms with Crippen LogP contribution in [0.5, 0.6) is 0 Å². The number of amides is 1. The zero-order valence-corrected chi connectivity index (χ0v) is 17.8. The van der Waals surface area contributed by atoms with Crippen LogP contribution in [0, 0.1) is 12.8 Å². The molecular weight excluding hydrogens is 368 g/mol. The lowest BCUT2D eigenvalue weighted by atomic mass is 10.1. The van der Waals surface area contributed by atoms with Gasteiger partial charge in [-0.15, -0.1) is 0 Å². The van der Waals surface area contributed by atoms with E-state index in [1.54, 1.807) is 0 Å². The number of nitrogens with one attached hydrogen (secondary N) is 1. The Hall–Kier alpha value is -2.83. The highest BCUT2D eigenvalue weighted by molar-refractivity contribution is 5.96. The molecule has 1 amide bonds. The zero-order valence-electron chi connectivity index (χ0n) is 17.8. The van der Waals surface area contributed by atoms with Gasteiger partial charge in [0.1, 0.15) is 5.82 Å². The predicted octanol–water partition coefficient (Wildman–Crippen LogP) is 2.85. The van der Waals surface area contributed by atoms with Crippen molar-refractivity contribution in [2.24, 2.45) is 5.92 Å². The lowest BCUT2D eigenvalue weighted by molar-refractivity contribution is -0.118. The Bertz CT molecular complexity index is 942.